The number of carboxylic acid groups (broad SMARTS) is 1. The molecule has 0 heterocycles. The highest BCUT2D eigenvalue weighted by Gasteiger charge is 2.21. The highest BCUT2D eigenvalue weighted by atomic mass is 16.5. The van der Waals surface area contributed by atoms with Crippen molar-refractivity contribution in [3.63, 3.8) is 0 Å². The monoisotopic (exact) mass is 248 g/mol. The minimum Gasteiger partial charge on any atom is -0.496 e. The molecule has 0 radical (unpaired) electrons. The molecule has 0 aliphatic heterocycles. The molecule has 0 fully saturated rings. The maximum absolute atomic E-state index is 11.0. The summed E-state index contributed by atoms with van der Waals surface area (Å²) in [5, 5.41) is 9.06. The Hall–Kier alpha value is -1.97. The number of aliphatic carboxylic acids is 1. The largest absolute Gasteiger partial charge is 0.496 e. The molecule has 0 aromatic heterocycles. The lowest BCUT2D eigenvalue weighted by atomic mass is 9.91. The van der Waals surface area contributed by atoms with E-state index in [-0.39, 0.29) is 0 Å². The van der Waals surface area contributed by atoms with Gasteiger partial charge in [0.15, 0.2) is 0 Å². The van der Waals surface area contributed by atoms with Crippen LogP contribution in [0.15, 0.2) is 17.7 Å². The van der Waals surface area contributed by atoms with Gasteiger partial charge in [-0.1, -0.05) is 0 Å². The van der Waals surface area contributed by atoms with Crippen LogP contribution in [0.4, 0.5) is 0 Å². The van der Waals surface area contributed by atoms with Gasteiger partial charge in [0.2, 0.25) is 0 Å². The Morgan fingerprint density at radius 3 is 2.67 bits per heavy atom. The van der Waals surface area contributed by atoms with Crippen molar-refractivity contribution in [3.8, 4) is 11.5 Å². The van der Waals surface area contributed by atoms with Gasteiger partial charge in [-0.2, -0.15) is 0 Å². The second kappa shape index (κ2) is 5.12. The third-order valence-corrected chi connectivity index (χ3v) is 3.03. The van der Waals surface area contributed by atoms with Gasteiger partial charge in [0, 0.05) is 16.7 Å². The molecule has 4 heteroatoms. The summed E-state index contributed by atoms with van der Waals surface area (Å²) in [6, 6.07) is 3.69. The zero-order valence-corrected chi connectivity index (χ0v) is 10.5. The summed E-state index contributed by atoms with van der Waals surface area (Å²) < 4.78 is 10.8. The van der Waals surface area contributed by atoms with Crippen molar-refractivity contribution >= 4 is 12.0 Å². The number of hydrogen-bond acceptors (Lipinski definition) is 3. The van der Waals surface area contributed by atoms with Crippen molar-refractivity contribution in [2.24, 2.45) is 0 Å². The number of carboxylic acids is 1. The summed E-state index contributed by atoms with van der Waals surface area (Å²) in [7, 11) is 1.58. The SMILES string of the molecule is CCOc1ccc(OC)c2c1CCC(C(=O)O)=C2. The Balaban J connectivity index is 2.53. The maximum Gasteiger partial charge on any atom is 0.331 e. The van der Waals surface area contributed by atoms with Crippen LogP contribution in [0.5, 0.6) is 11.5 Å². The minimum atomic E-state index is -0.871. The summed E-state index contributed by atoms with van der Waals surface area (Å²) in [4.78, 5) is 11.0. The van der Waals surface area contributed by atoms with E-state index in [2.05, 4.69) is 0 Å². The van der Waals surface area contributed by atoms with E-state index in [9.17, 15) is 4.79 Å². The molecule has 2 rings (SSSR count). The molecule has 96 valence electrons. The van der Waals surface area contributed by atoms with E-state index in [1.54, 1.807) is 13.2 Å². The van der Waals surface area contributed by atoms with Crippen LogP contribution in [-0.2, 0) is 11.2 Å². The fourth-order valence-corrected chi connectivity index (χ4v) is 2.18. The molecular formula is C14H16O4. The molecule has 1 aliphatic carbocycles. The Morgan fingerprint density at radius 1 is 1.33 bits per heavy atom. The van der Waals surface area contributed by atoms with E-state index in [0.29, 0.717) is 30.8 Å². The van der Waals surface area contributed by atoms with E-state index in [4.69, 9.17) is 14.6 Å². The Morgan fingerprint density at radius 2 is 2.06 bits per heavy atom. The summed E-state index contributed by atoms with van der Waals surface area (Å²) >= 11 is 0. The molecule has 0 atom stereocenters. The average molecular weight is 248 g/mol. The first-order valence-electron chi connectivity index (χ1n) is 5.94. The number of methoxy groups -OCH3 is 1. The lowest BCUT2D eigenvalue weighted by Gasteiger charge is -2.20. The predicted molar refractivity (Wildman–Crippen MR) is 68.1 cm³/mol. The lowest BCUT2D eigenvalue weighted by molar-refractivity contribution is -0.132. The first-order valence-corrected chi connectivity index (χ1v) is 5.94. The molecule has 0 amide bonds. The molecule has 1 aliphatic rings. The maximum atomic E-state index is 11.0. The molecule has 0 saturated carbocycles. The van der Waals surface area contributed by atoms with Crippen LogP contribution in [-0.4, -0.2) is 24.8 Å². The van der Waals surface area contributed by atoms with Gasteiger partial charge in [0.05, 0.1) is 13.7 Å². The van der Waals surface area contributed by atoms with Gasteiger partial charge in [-0.05, 0) is 38.0 Å². The molecule has 0 bridgehead atoms. The number of ether oxygens (including phenoxy) is 2. The number of fused-ring (bicyclic) bond motifs is 1. The lowest BCUT2D eigenvalue weighted by Crippen LogP contribution is -2.10. The van der Waals surface area contributed by atoms with Gasteiger partial charge in [0.25, 0.3) is 0 Å². The second-order valence-corrected chi connectivity index (χ2v) is 4.07. The van der Waals surface area contributed by atoms with Crippen LogP contribution in [0.1, 0.15) is 24.5 Å². The van der Waals surface area contributed by atoms with E-state index in [0.717, 1.165) is 16.9 Å². The van der Waals surface area contributed by atoms with E-state index >= 15 is 0 Å². The van der Waals surface area contributed by atoms with Gasteiger partial charge in [-0.25, -0.2) is 4.79 Å². The van der Waals surface area contributed by atoms with Gasteiger partial charge < -0.3 is 14.6 Å². The normalized spacial score (nSPS) is 13.6. The Bertz CT molecular complexity index is 503. The van der Waals surface area contributed by atoms with E-state index in [1.807, 2.05) is 19.1 Å². The van der Waals surface area contributed by atoms with Gasteiger partial charge in [0.1, 0.15) is 11.5 Å². The van der Waals surface area contributed by atoms with Gasteiger partial charge >= 0.3 is 5.97 Å². The highest BCUT2D eigenvalue weighted by Crippen LogP contribution is 2.37. The van der Waals surface area contributed by atoms with Crippen molar-refractivity contribution in [2.75, 3.05) is 13.7 Å². The third kappa shape index (κ3) is 2.18. The van der Waals surface area contributed by atoms with E-state index < -0.39 is 5.97 Å². The first-order chi connectivity index (χ1) is 8.67. The summed E-state index contributed by atoms with van der Waals surface area (Å²) in [5.74, 6) is 0.630. The van der Waals surface area contributed by atoms with Crippen molar-refractivity contribution in [2.45, 2.75) is 19.8 Å². The standard InChI is InChI=1S/C14H16O4/c1-3-18-13-7-6-12(17-2)11-8-9(14(15)16)4-5-10(11)13/h6-8H,3-5H2,1-2H3,(H,15,16). The number of hydrogen-bond donors (Lipinski definition) is 1. The molecule has 18 heavy (non-hydrogen) atoms. The number of rotatable bonds is 4. The second-order valence-electron chi connectivity index (χ2n) is 4.07. The Labute approximate surface area is 106 Å². The molecule has 1 N–H and O–H groups in total. The predicted octanol–water partition coefficient (Wildman–Crippen LogP) is 2.51. The van der Waals surface area contributed by atoms with Crippen molar-refractivity contribution < 1.29 is 19.4 Å². The minimum absolute atomic E-state index is 0.412. The fourth-order valence-electron chi connectivity index (χ4n) is 2.18. The first kappa shape index (κ1) is 12.5. The molecular weight excluding hydrogens is 232 g/mol. The molecule has 0 spiro atoms. The number of benzene rings is 1. The summed E-state index contributed by atoms with van der Waals surface area (Å²) in [6.45, 7) is 2.52. The van der Waals surface area contributed by atoms with Crippen LogP contribution >= 0.6 is 0 Å². The molecule has 0 unspecified atom stereocenters. The third-order valence-electron chi connectivity index (χ3n) is 3.03. The van der Waals surface area contributed by atoms with Crippen LogP contribution in [0, 0.1) is 0 Å². The highest BCUT2D eigenvalue weighted by molar-refractivity contribution is 5.94. The van der Waals surface area contributed by atoms with Crippen LogP contribution in [0.3, 0.4) is 0 Å². The smallest absolute Gasteiger partial charge is 0.331 e. The molecule has 0 saturated heterocycles. The van der Waals surface area contributed by atoms with Crippen LogP contribution in [0.25, 0.3) is 6.08 Å². The molecule has 1 aromatic carbocycles. The molecule has 4 nitrogen and oxygen atoms in total. The number of carbonyl (C=O) groups is 1. The Kier molecular flexibility index (Phi) is 3.55. The van der Waals surface area contributed by atoms with E-state index in [1.165, 1.54) is 0 Å². The average Bonchev–Trinajstić information content (AvgIpc) is 2.38. The zero-order chi connectivity index (χ0) is 13.1. The topological polar surface area (TPSA) is 55.8 Å². The van der Waals surface area contributed by atoms with Crippen molar-refractivity contribution in [1.29, 1.82) is 0 Å². The quantitative estimate of drug-likeness (QED) is 0.889. The van der Waals surface area contributed by atoms with Gasteiger partial charge in [-0.15, -0.1) is 0 Å². The van der Waals surface area contributed by atoms with Crippen LogP contribution < -0.4 is 9.47 Å². The van der Waals surface area contributed by atoms with Crippen molar-refractivity contribution in [3.05, 3.63) is 28.8 Å². The van der Waals surface area contributed by atoms with Crippen molar-refractivity contribution in [1.82, 2.24) is 0 Å². The van der Waals surface area contributed by atoms with Crippen LogP contribution in [0.2, 0.25) is 0 Å². The zero-order valence-electron chi connectivity index (χ0n) is 10.5. The van der Waals surface area contributed by atoms with Gasteiger partial charge in [-0.3, -0.25) is 0 Å². The fraction of sp³-hybridized carbons (Fsp3) is 0.357. The molecule has 1 aromatic rings. The summed E-state index contributed by atoms with van der Waals surface area (Å²) in [5.41, 5.74) is 2.27. The summed E-state index contributed by atoms with van der Waals surface area (Å²) in [6.07, 6.45) is 2.87.